The van der Waals surface area contributed by atoms with E-state index in [0.29, 0.717) is 30.3 Å². The summed E-state index contributed by atoms with van der Waals surface area (Å²) in [6.07, 6.45) is 4.89. The van der Waals surface area contributed by atoms with Gasteiger partial charge in [-0.1, -0.05) is 18.2 Å². The lowest BCUT2D eigenvalue weighted by Gasteiger charge is -2.27. The van der Waals surface area contributed by atoms with Crippen molar-refractivity contribution in [1.82, 2.24) is 4.72 Å². The SMILES string of the molecule is CCOc1cccc2c1OC[C@@H](NS(=O)(=O)c1ccc3c(c1)CCCC3)C2. The molecule has 1 heterocycles. The van der Waals surface area contributed by atoms with Crippen molar-refractivity contribution in [2.24, 2.45) is 0 Å². The lowest BCUT2D eigenvalue weighted by atomic mass is 9.92. The topological polar surface area (TPSA) is 64.6 Å². The standard InChI is InChI=1S/C21H25NO4S/c1-2-25-20-9-5-8-17-12-18(14-26-21(17)20)22-27(23,24)19-11-10-15-6-3-4-7-16(15)13-19/h5,8-11,13,18,22H,2-4,6-7,12,14H2,1H3/t18-/m0/s1. The van der Waals surface area contributed by atoms with Gasteiger partial charge in [0.1, 0.15) is 6.61 Å². The zero-order chi connectivity index (χ0) is 18.9. The highest BCUT2D eigenvalue weighted by Gasteiger charge is 2.27. The van der Waals surface area contributed by atoms with E-state index < -0.39 is 10.0 Å². The predicted molar refractivity (Wildman–Crippen MR) is 104 cm³/mol. The van der Waals surface area contributed by atoms with Gasteiger partial charge in [-0.05, 0) is 73.9 Å². The molecule has 0 spiro atoms. The highest BCUT2D eigenvalue weighted by molar-refractivity contribution is 7.89. The average molecular weight is 388 g/mol. The molecule has 2 aromatic rings. The maximum atomic E-state index is 12.9. The third kappa shape index (κ3) is 3.82. The van der Waals surface area contributed by atoms with Gasteiger partial charge in [0.15, 0.2) is 11.5 Å². The van der Waals surface area contributed by atoms with Gasteiger partial charge in [0, 0.05) is 0 Å². The third-order valence-corrected chi connectivity index (χ3v) is 6.73. The zero-order valence-corrected chi connectivity index (χ0v) is 16.3. The summed E-state index contributed by atoms with van der Waals surface area (Å²) in [5, 5.41) is 0. The molecule has 1 N–H and O–H groups in total. The molecule has 0 aromatic heterocycles. The molecule has 1 aliphatic heterocycles. The van der Waals surface area contributed by atoms with E-state index in [1.54, 1.807) is 6.07 Å². The Morgan fingerprint density at radius 3 is 2.74 bits per heavy atom. The minimum absolute atomic E-state index is 0.293. The molecule has 0 unspecified atom stereocenters. The van der Waals surface area contributed by atoms with Gasteiger partial charge in [-0.2, -0.15) is 0 Å². The van der Waals surface area contributed by atoms with Gasteiger partial charge in [0.2, 0.25) is 10.0 Å². The smallest absolute Gasteiger partial charge is 0.240 e. The van der Waals surface area contributed by atoms with Gasteiger partial charge in [-0.15, -0.1) is 0 Å². The largest absolute Gasteiger partial charge is 0.490 e. The van der Waals surface area contributed by atoms with Crippen molar-refractivity contribution in [1.29, 1.82) is 0 Å². The molecule has 0 saturated heterocycles. The normalized spacial score (nSPS) is 18.9. The van der Waals surface area contributed by atoms with Crippen LogP contribution < -0.4 is 14.2 Å². The first-order chi connectivity index (χ1) is 13.1. The Bertz CT molecular complexity index is 939. The molecule has 4 rings (SSSR count). The third-order valence-electron chi connectivity index (χ3n) is 5.21. The summed E-state index contributed by atoms with van der Waals surface area (Å²) < 4.78 is 40.0. The van der Waals surface area contributed by atoms with Crippen LogP contribution in [0.5, 0.6) is 11.5 Å². The van der Waals surface area contributed by atoms with Crippen LogP contribution in [-0.2, 0) is 29.3 Å². The lowest BCUT2D eigenvalue weighted by Crippen LogP contribution is -2.42. The molecule has 0 fully saturated rings. The van der Waals surface area contributed by atoms with Crippen LogP contribution in [0.1, 0.15) is 36.5 Å². The molecular formula is C21H25NO4S. The van der Waals surface area contributed by atoms with Crippen molar-refractivity contribution < 1.29 is 17.9 Å². The van der Waals surface area contributed by atoms with Gasteiger partial charge in [0.05, 0.1) is 17.5 Å². The second kappa shape index (κ2) is 7.52. The molecular weight excluding hydrogens is 362 g/mol. The van der Waals surface area contributed by atoms with Crippen LogP contribution in [0.3, 0.4) is 0 Å². The van der Waals surface area contributed by atoms with Crippen molar-refractivity contribution in [3.8, 4) is 11.5 Å². The van der Waals surface area contributed by atoms with Crippen LogP contribution >= 0.6 is 0 Å². The Morgan fingerprint density at radius 1 is 1.11 bits per heavy atom. The number of rotatable bonds is 5. The first-order valence-electron chi connectivity index (χ1n) is 9.58. The molecule has 0 bridgehead atoms. The fourth-order valence-electron chi connectivity index (χ4n) is 3.90. The first kappa shape index (κ1) is 18.3. The molecule has 6 heteroatoms. The fourth-order valence-corrected chi connectivity index (χ4v) is 5.17. The number of ether oxygens (including phenoxy) is 2. The predicted octanol–water partition coefficient (Wildman–Crippen LogP) is 3.25. The summed E-state index contributed by atoms with van der Waals surface area (Å²) in [4.78, 5) is 0.344. The minimum Gasteiger partial charge on any atom is -0.490 e. The monoisotopic (exact) mass is 387 g/mol. The lowest BCUT2D eigenvalue weighted by molar-refractivity contribution is 0.233. The fraction of sp³-hybridized carbons (Fsp3) is 0.429. The van der Waals surface area contributed by atoms with E-state index in [-0.39, 0.29) is 6.04 Å². The average Bonchev–Trinajstić information content (AvgIpc) is 2.67. The highest BCUT2D eigenvalue weighted by atomic mass is 32.2. The summed E-state index contributed by atoms with van der Waals surface area (Å²) in [7, 11) is -3.58. The van der Waals surface area contributed by atoms with E-state index in [1.807, 2.05) is 37.3 Å². The molecule has 1 atom stereocenters. The summed E-state index contributed by atoms with van der Waals surface area (Å²) in [5.74, 6) is 1.44. The van der Waals surface area contributed by atoms with Crippen molar-refractivity contribution in [2.45, 2.75) is 50.0 Å². The number of fused-ring (bicyclic) bond motifs is 2. The number of nitrogens with one attached hydrogen (secondary N) is 1. The van der Waals surface area contributed by atoms with Crippen molar-refractivity contribution in [2.75, 3.05) is 13.2 Å². The maximum Gasteiger partial charge on any atom is 0.240 e. The van der Waals surface area contributed by atoms with Crippen molar-refractivity contribution >= 4 is 10.0 Å². The first-order valence-corrected chi connectivity index (χ1v) is 11.1. The number of hydrogen-bond donors (Lipinski definition) is 1. The zero-order valence-electron chi connectivity index (χ0n) is 15.5. The quantitative estimate of drug-likeness (QED) is 0.855. The molecule has 144 valence electrons. The maximum absolute atomic E-state index is 12.9. The van der Waals surface area contributed by atoms with E-state index in [4.69, 9.17) is 9.47 Å². The number of hydrogen-bond acceptors (Lipinski definition) is 4. The van der Waals surface area contributed by atoms with Gasteiger partial charge >= 0.3 is 0 Å². The molecule has 0 saturated carbocycles. The van der Waals surface area contributed by atoms with Crippen LogP contribution in [0.4, 0.5) is 0 Å². The molecule has 0 amide bonds. The Labute approximate surface area is 160 Å². The number of para-hydroxylation sites is 1. The summed E-state index contributed by atoms with van der Waals surface area (Å²) in [5.41, 5.74) is 3.40. The van der Waals surface area contributed by atoms with Crippen molar-refractivity contribution in [3.05, 3.63) is 53.1 Å². The molecule has 2 aromatic carbocycles. The minimum atomic E-state index is -3.58. The summed E-state index contributed by atoms with van der Waals surface area (Å²) in [6.45, 7) is 2.78. The Morgan fingerprint density at radius 2 is 1.93 bits per heavy atom. The van der Waals surface area contributed by atoms with Crippen LogP contribution in [0.2, 0.25) is 0 Å². The van der Waals surface area contributed by atoms with E-state index in [1.165, 1.54) is 12.0 Å². The Balaban J connectivity index is 1.52. The Hall–Kier alpha value is -2.05. The molecule has 27 heavy (non-hydrogen) atoms. The van der Waals surface area contributed by atoms with Crippen LogP contribution in [-0.4, -0.2) is 27.7 Å². The van der Waals surface area contributed by atoms with Gasteiger partial charge < -0.3 is 9.47 Å². The Kier molecular flexibility index (Phi) is 5.10. The molecule has 0 radical (unpaired) electrons. The van der Waals surface area contributed by atoms with Crippen LogP contribution in [0.15, 0.2) is 41.3 Å². The number of benzene rings is 2. The summed E-state index contributed by atoms with van der Waals surface area (Å²) in [6, 6.07) is 11.0. The van der Waals surface area contributed by atoms with Gasteiger partial charge in [-0.3, -0.25) is 0 Å². The van der Waals surface area contributed by atoms with Crippen LogP contribution in [0, 0.1) is 0 Å². The second-order valence-corrected chi connectivity index (χ2v) is 8.86. The van der Waals surface area contributed by atoms with E-state index >= 15 is 0 Å². The van der Waals surface area contributed by atoms with Crippen LogP contribution in [0.25, 0.3) is 0 Å². The highest BCUT2D eigenvalue weighted by Crippen LogP contribution is 2.35. The van der Waals surface area contributed by atoms with E-state index in [2.05, 4.69) is 4.72 Å². The molecule has 2 aliphatic rings. The molecule has 1 aliphatic carbocycles. The molecule has 5 nitrogen and oxygen atoms in total. The summed E-state index contributed by atoms with van der Waals surface area (Å²) >= 11 is 0. The second-order valence-electron chi connectivity index (χ2n) is 7.15. The van der Waals surface area contributed by atoms with Gasteiger partial charge in [-0.25, -0.2) is 13.1 Å². The van der Waals surface area contributed by atoms with E-state index in [9.17, 15) is 8.42 Å². The number of sulfonamides is 1. The number of aryl methyl sites for hydroxylation is 2. The van der Waals surface area contributed by atoms with Gasteiger partial charge in [0.25, 0.3) is 0 Å². The van der Waals surface area contributed by atoms with Crippen molar-refractivity contribution in [3.63, 3.8) is 0 Å². The van der Waals surface area contributed by atoms with E-state index in [0.717, 1.165) is 36.1 Å².